The van der Waals surface area contributed by atoms with E-state index in [4.69, 9.17) is 0 Å². The molecule has 5 unspecified atom stereocenters. The van der Waals surface area contributed by atoms with Crippen LogP contribution in [0.5, 0.6) is 0 Å². The van der Waals surface area contributed by atoms with Crippen LogP contribution in [0.3, 0.4) is 0 Å². The number of hydrogen-bond donors (Lipinski definition) is 3. The lowest BCUT2D eigenvalue weighted by molar-refractivity contribution is -0.163. The van der Waals surface area contributed by atoms with Gasteiger partial charge in [-0.25, -0.2) is 4.79 Å². The summed E-state index contributed by atoms with van der Waals surface area (Å²) in [5.74, 6) is -2.05. The number of β-lactam (4-membered cyclic amide) rings is 1. The van der Waals surface area contributed by atoms with Crippen LogP contribution in [-0.4, -0.2) is 59.8 Å². The molecule has 3 N–H and O–H groups in total. The average molecular weight is 352 g/mol. The lowest BCUT2D eigenvalue weighted by Crippen LogP contribution is -2.63. The van der Waals surface area contributed by atoms with Crippen LogP contribution in [0, 0.1) is 11.8 Å². The van der Waals surface area contributed by atoms with Crippen molar-refractivity contribution in [1.29, 1.82) is 0 Å². The van der Waals surface area contributed by atoms with E-state index < -0.39 is 18.0 Å². The molecule has 0 saturated carbocycles. The van der Waals surface area contributed by atoms with Gasteiger partial charge in [0.25, 0.3) is 0 Å². The summed E-state index contributed by atoms with van der Waals surface area (Å²) in [7, 11) is 0. The summed E-state index contributed by atoms with van der Waals surface area (Å²) in [5, 5.41) is 29.8. The number of aromatic amines is 1. The first kappa shape index (κ1) is 17.0. The molecule has 0 bridgehead atoms. The summed E-state index contributed by atoms with van der Waals surface area (Å²) in [6.07, 6.45) is 1.50. The Kier molecular flexibility index (Phi) is 4.39. The SMILES string of the molecule is CC(Cc1cn[nH]n1)SC1=C(C(=O)O)N2C(=O)C(C(C)O)C2C1C. The fourth-order valence-electron chi connectivity index (χ4n) is 3.56. The van der Waals surface area contributed by atoms with Crippen LogP contribution in [0.4, 0.5) is 0 Å². The van der Waals surface area contributed by atoms with Crippen molar-refractivity contribution in [3.63, 3.8) is 0 Å². The highest BCUT2D eigenvalue weighted by Gasteiger charge is 2.60. The molecule has 5 atom stereocenters. The first-order chi connectivity index (χ1) is 11.3. The predicted molar refractivity (Wildman–Crippen MR) is 86.8 cm³/mol. The molecule has 9 heteroatoms. The topological polar surface area (TPSA) is 119 Å². The number of aliphatic hydroxyl groups is 1. The minimum Gasteiger partial charge on any atom is -0.477 e. The van der Waals surface area contributed by atoms with Crippen LogP contribution in [0.15, 0.2) is 16.8 Å². The fourth-order valence-corrected chi connectivity index (χ4v) is 4.89. The van der Waals surface area contributed by atoms with Gasteiger partial charge in [-0.05, 0) is 6.92 Å². The zero-order valence-corrected chi connectivity index (χ0v) is 14.4. The van der Waals surface area contributed by atoms with Crippen LogP contribution in [0.1, 0.15) is 26.5 Å². The second-order valence-electron chi connectivity index (χ2n) is 6.37. The van der Waals surface area contributed by atoms with Crippen LogP contribution >= 0.6 is 11.8 Å². The lowest BCUT2D eigenvalue weighted by atomic mass is 9.79. The molecule has 1 aromatic rings. The van der Waals surface area contributed by atoms with Gasteiger partial charge in [0.1, 0.15) is 5.70 Å². The number of nitrogens with zero attached hydrogens (tertiary/aromatic N) is 3. The van der Waals surface area contributed by atoms with Crippen LogP contribution < -0.4 is 0 Å². The van der Waals surface area contributed by atoms with E-state index in [0.717, 1.165) is 5.69 Å². The first-order valence-electron chi connectivity index (χ1n) is 7.82. The quantitative estimate of drug-likeness (QED) is 0.642. The average Bonchev–Trinajstić information content (AvgIpc) is 3.06. The molecular weight excluding hydrogens is 332 g/mol. The van der Waals surface area contributed by atoms with E-state index in [2.05, 4.69) is 15.4 Å². The van der Waals surface area contributed by atoms with Gasteiger partial charge in [0.2, 0.25) is 5.91 Å². The first-order valence-corrected chi connectivity index (χ1v) is 8.70. The molecular formula is C15H20N4O4S. The minimum atomic E-state index is -1.10. The standard InChI is InChI=1S/C15H20N4O4S/c1-6(4-9-5-16-18-17-9)24-13-7(2)11-10(8(3)20)14(21)19(11)12(13)15(22)23/h5-8,10-11,20H,4H2,1-3H3,(H,22,23)(H,16,17,18). The molecule has 3 heterocycles. The lowest BCUT2D eigenvalue weighted by Gasteiger charge is -2.46. The second kappa shape index (κ2) is 6.21. The number of hydrogen-bond acceptors (Lipinski definition) is 6. The van der Waals surface area contributed by atoms with Crippen molar-refractivity contribution in [1.82, 2.24) is 20.3 Å². The number of carboxylic acid groups (broad SMARTS) is 1. The smallest absolute Gasteiger partial charge is 0.353 e. The van der Waals surface area contributed by atoms with Gasteiger partial charge >= 0.3 is 5.97 Å². The van der Waals surface area contributed by atoms with Gasteiger partial charge in [-0.2, -0.15) is 15.4 Å². The summed E-state index contributed by atoms with van der Waals surface area (Å²) >= 11 is 1.45. The monoisotopic (exact) mass is 352 g/mol. The van der Waals surface area contributed by atoms with Gasteiger partial charge in [0, 0.05) is 22.5 Å². The summed E-state index contributed by atoms with van der Waals surface area (Å²) in [6, 6.07) is -0.273. The van der Waals surface area contributed by atoms with Crippen molar-refractivity contribution in [2.24, 2.45) is 11.8 Å². The van der Waals surface area contributed by atoms with Gasteiger partial charge in [0.05, 0.1) is 30.0 Å². The van der Waals surface area contributed by atoms with E-state index in [0.29, 0.717) is 11.3 Å². The van der Waals surface area contributed by atoms with Gasteiger partial charge in [-0.1, -0.05) is 13.8 Å². The molecule has 2 aliphatic rings. The summed E-state index contributed by atoms with van der Waals surface area (Å²) in [5.41, 5.74) is 0.866. The Morgan fingerprint density at radius 2 is 2.21 bits per heavy atom. The predicted octanol–water partition coefficient (Wildman–Crippen LogP) is 0.623. The van der Waals surface area contributed by atoms with Crippen molar-refractivity contribution in [3.8, 4) is 0 Å². The van der Waals surface area contributed by atoms with E-state index in [9.17, 15) is 19.8 Å². The Morgan fingerprint density at radius 3 is 2.75 bits per heavy atom. The number of fused-ring (bicyclic) bond motifs is 1. The maximum Gasteiger partial charge on any atom is 0.353 e. The molecule has 3 rings (SSSR count). The van der Waals surface area contributed by atoms with Gasteiger partial charge in [0.15, 0.2) is 0 Å². The third-order valence-electron chi connectivity index (χ3n) is 4.60. The molecule has 1 aromatic heterocycles. The van der Waals surface area contributed by atoms with Crippen molar-refractivity contribution in [3.05, 3.63) is 22.5 Å². The number of aliphatic carboxylic acids is 1. The number of aromatic nitrogens is 3. The Morgan fingerprint density at radius 1 is 1.50 bits per heavy atom. The number of amides is 1. The van der Waals surface area contributed by atoms with Crippen molar-refractivity contribution >= 4 is 23.6 Å². The number of rotatable bonds is 6. The number of H-pyrrole nitrogens is 1. The van der Waals surface area contributed by atoms with Crippen molar-refractivity contribution < 1.29 is 19.8 Å². The van der Waals surface area contributed by atoms with E-state index in [1.807, 2.05) is 13.8 Å². The van der Waals surface area contributed by atoms with E-state index in [1.165, 1.54) is 16.7 Å². The Bertz CT molecular complexity index is 688. The third kappa shape index (κ3) is 2.61. The summed E-state index contributed by atoms with van der Waals surface area (Å²) < 4.78 is 0. The number of carboxylic acids is 1. The van der Waals surface area contributed by atoms with E-state index in [1.54, 1.807) is 13.1 Å². The van der Waals surface area contributed by atoms with Gasteiger partial charge in [-0.3, -0.25) is 4.79 Å². The summed E-state index contributed by atoms with van der Waals surface area (Å²) in [6.45, 7) is 5.48. The van der Waals surface area contributed by atoms with Gasteiger partial charge < -0.3 is 15.1 Å². The normalized spacial score (nSPS) is 28.6. The van der Waals surface area contributed by atoms with E-state index in [-0.39, 0.29) is 28.8 Å². The molecule has 1 saturated heterocycles. The molecule has 0 aromatic carbocycles. The number of nitrogens with one attached hydrogen (secondary N) is 1. The number of carbonyl (C=O) groups is 2. The summed E-state index contributed by atoms with van der Waals surface area (Å²) in [4.78, 5) is 26.0. The minimum absolute atomic E-state index is 0.0615. The molecule has 8 nitrogen and oxygen atoms in total. The Labute approximate surface area is 143 Å². The van der Waals surface area contributed by atoms with Crippen molar-refractivity contribution in [2.45, 2.75) is 44.6 Å². The number of thioether (sulfide) groups is 1. The molecule has 2 aliphatic heterocycles. The van der Waals surface area contributed by atoms with Crippen LogP contribution in [0.2, 0.25) is 0 Å². The molecule has 130 valence electrons. The highest BCUT2D eigenvalue weighted by atomic mass is 32.2. The highest BCUT2D eigenvalue weighted by molar-refractivity contribution is 8.03. The molecule has 24 heavy (non-hydrogen) atoms. The molecule has 0 aliphatic carbocycles. The molecule has 1 fully saturated rings. The van der Waals surface area contributed by atoms with Crippen molar-refractivity contribution in [2.75, 3.05) is 0 Å². The Hall–Kier alpha value is -1.87. The second-order valence-corrected chi connectivity index (χ2v) is 7.85. The van der Waals surface area contributed by atoms with E-state index >= 15 is 0 Å². The maximum atomic E-state index is 12.3. The largest absolute Gasteiger partial charge is 0.477 e. The van der Waals surface area contributed by atoms with Crippen LogP contribution in [0.25, 0.3) is 0 Å². The zero-order chi connectivity index (χ0) is 17.6. The number of aliphatic hydroxyl groups excluding tert-OH is 1. The van der Waals surface area contributed by atoms with Gasteiger partial charge in [-0.15, -0.1) is 11.8 Å². The molecule has 0 radical (unpaired) electrons. The third-order valence-corrected chi connectivity index (χ3v) is 5.99. The number of carbonyl (C=O) groups excluding carboxylic acids is 1. The molecule has 1 amide bonds. The maximum absolute atomic E-state index is 12.3. The fraction of sp³-hybridized carbons (Fsp3) is 0.600. The zero-order valence-electron chi connectivity index (χ0n) is 13.6. The highest BCUT2D eigenvalue weighted by Crippen LogP contribution is 2.51. The Balaban J connectivity index is 1.83. The molecule has 0 spiro atoms. The van der Waals surface area contributed by atoms with Crippen LogP contribution in [-0.2, 0) is 16.0 Å².